The Morgan fingerprint density at radius 1 is 1.20 bits per heavy atom. The lowest BCUT2D eigenvalue weighted by Gasteiger charge is -2.14. The van der Waals surface area contributed by atoms with E-state index in [9.17, 15) is 13.2 Å². The van der Waals surface area contributed by atoms with Crippen LogP contribution in [0.3, 0.4) is 0 Å². The number of oxazole rings is 1. The Hall–Kier alpha value is -1.82. The summed E-state index contributed by atoms with van der Waals surface area (Å²) < 4.78 is 43.1. The van der Waals surface area contributed by atoms with Crippen molar-refractivity contribution in [3.05, 3.63) is 41.3 Å². The molecule has 1 aliphatic rings. The average molecular weight is 282 g/mol. The highest BCUT2D eigenvalue weighted by atomic mass is 19.4. The van der Waals surface area contributed by atoms with Crippen molar-refractivity contribution in [2.45, 2.75) is 31.5 Å². The molecule has 106 valence electrons. The third-order valence-electron chi connectivity index (χ3n) is 3.44. The number of halogens is 3. The van der Waals surface area contributed by atoms with E-state index in [0.29, 0.717) is 17.9 Å². The van der Waals surface area contributed by atoms with Gasteiger partial charge in [-0.3, -0.25) is 0 Å². The topological polar surface area (TPSA) is 52.0 Å². The Morgan fingerprint density at radius 3 is 2.55 bits per heavy atom. The van der Waals surface area contributed by atoms with Crippen molar-refractivity contribution in [3.63, 3.8) is 0 Å². The van der Waals surface area contributed by atoms with E-state index in [1.807, 2.05) is 0 Å². The maximum atomic E-state index is 12.5. The average Bonchev–Trinajstić information content (AvgIpc) is 2.80. The van der Waals surface area contributed by atoms with Gasteiger partial charge in [0.25, 0.3) is 0 Å². The molecule has 1 atom stereocenters. The summed E-state index contributed by atoms with van der Waals surface area (Å²) in [6.07, 6.45) is -2.11. The molecule has 1 aromatic carbocycles. The summed E-state index contributed by atoms with van der Waals surface area (Å²) >= 11 is 0. The van der Waals surface area contributed by atoms with Gasteiger partial charge in [-0.25, -0.2) is 4.98 Å². The van der Waals surface area contributed by atoms with Crippen molar-refractivity contribution in [2.75, 3.05) is 0 Å². The van der Waals surface area contributed by atoms with E-state index in [1.54, 1.807) is 0 Å². The number of aromatic nitrogens is 1. The van der Waals surface area contributed by atoms with Crippen molar-refractivity contribution in [2.24, 2.45) is 5.73 Å². The van der Waals surface area contributed by atoms with E-state index >= 15 is 0 Å². The highest BCUT2D eigenvalue weighted by Gasteiger charge is 2.30. The number of nitrogens with two attached hydrogens (primary N) is 1. The van der Waals surface area contributed by atoms with E-state index in [-0.39, 0.29) is 6.04 Å². The molecule has 2 aromatic rings. The van der Waals surface area contributed by atoms with Crippen LogP contribution in [-0.2, 0) is 19.0 Å². The largest absolute Gasteiger partial charge is 0.441 e. The third kappa shape index (κ3) is 2.43. The molecule has 0 bridgehead atoms. The second kappa shape index (κ2) is 4.63. The molecule has 0 spiro atoms. The number of alkyl halides is 3. The first-order valence-electron chi connectivity index (χ1n) is 6.35. The second-order valence-corrected chi connectivity index (χ2v) is 4.97. The maximum absolute atomic E-state index is 12.5. The molecule has 0 fully saturated rings. The molecular formula is C14H13F3N2O. The van der Waals surface area contributed by atoms with Crippen molar-refractivity contribution in [1.29, 1.82) is 0 Å². The lowest BCUT2D eigenvalue weighted by Crippen LogP contribution is -2.27. The minimum absolute atomic E-state index is 0.0769. The fourth-order valence-corrected chi connectivity index (χ4v) is 2.33. The second-order valence-electron chi connectivity index (χ2n) is 4.97. The summed E-state index contributed by atoms with van der Waals surface area (Å²) in [5.41, 5.74) is 6.54. The number of fused-ring (bicyclic) bond motifs is 1. The number of aryl methyl sites for hydroxylation is 1. The normalized spacial score (nSPS) is 18.9. The lowest BCUT2D eigenvalue weighted by molar-refractivity contribution is -0.137. The van der Waals surface area contributed by atoms with Crippen molar-refractivity contribution >= 4 is 0 Å². The fourth-order valence-electron chi connectivity index (χ4n) is 2.33. The first-order chi connectivity index (χ1) is 9.43. The van der Waals surface area contributed by atoms with E-state index in [0.717, 1.165) is 36.4 Å². The van der Waals surface area contributed by atoms with Gasteiger partial charge in [0.2, 0.25) is 5.89 Å². The van der Waals surface area contributed by atoms with Gasteiger partial charge in [-0.05, 0) is 30.7 Å². The lowest BCUT2D eigenvalue weighted by atomic mass is 9.98. The van der Waals surface area contributed by atoms with Gasteiger partial charge in [-0.1, -0.05) is 0 Å². The van der Waals surface area contributed by atoms with Gasteiger partial charge >= 0.3 is 6.18 Å². The van der Waals surface area contributed by atoms with Crippen LogP contribution in [0.4, 0.5) is 13.2 Å². The van der Waals surface area contributed by atoms with Crippen LogP contribution < -0.4 is 5.73 Å². The quantitative estimate of drug-likeness (QED) is 0.874. The Labute approximate surface area is 113 Å². The van der Waals surface area contributed by atoms with Gasteiger partial charge in [0.1, 0.15) is 5.76 Å². The van der Waals surface area contributed by atoms with Crippen molar-refractivity contribution in [1.82, 2.24) is 4.98 Å². The molecule has 1 aromatic heterocycles. The van der Waals surface area contributed by atoms with Gasteiger partial charge in [-0.15, -0.1) is 0 Å². The molecule has 6 heteroatoms. The minimum Gasteiger partial charge on any atom is -0.441 e. The van der Waals surface area contributed by atoms with Gasteiger partial charge in [-0.2, -0.15) is 13.2 Å². The minimum atomic E-state index is -4.33. The van der Waals surface area contributed by atoms with Gasteiger partial charge in [0.05, 0.1) is 11.3 Å². The fraction of sp³-hybridized carbons (Fsp3) is 0.357. The molecule has 1 unspecified atom stereocenters. The highest BCUT2D eigenvalue weighted by Crippen LogP contribution is 2.32. The Morgan fingerprint density at radius 2 is 1.90 bits per heavy atom. The summed E-state index contributed by atoms with van der Waals surface area (Å²) in [5.74, 6) is 1.15. The summed E-state index contributed by atoms with van der Waals surface area (Å²) in [4.78, 5) is 4.34. The predicted octanol–water partition coefficient (Wildman–Crippen LogP) is 3.18. The van der Waals surface area contributed by atoms with Crippen LogP contribution in [0, 0.1) is 0 Å². The Balaban J connectivity index is 1.90. The number of hydrogen-bond donors (Lipinski definition) is 1. The molecule has 20 heavy (non-hydrogen) atoms. The van der Waals surface area contributed by atoms with Gasteiger partial charge in [0.15, 0.2) is 0 Å². The molecular weight excluding hydrogens is 269 g/mol. The summed E-state index contributed by atoms with van der Waals surface area (Å²) in [6.45, 7) is 0. The summed E-state index contributed by atoms with van der Waals surface area (Å²) in [5, 5.41) is 0. The molecule has 3 rings (SSSR count). The predicted molar refractivity (Wildman–Crippen MR) is 66.9 cm³/mol. The molecule has 0 saturated heterocycles. The van der Waals surface area contributed by atoms with Crippen LogP contribution >= 0.6 is 0 Å². The van der Waals surface area contributed by atoms with Crippen LogP contribution in [0.1, 0.15) is 23.4 Å². The highest BCUT2D eigenvalue weighted by molar-refractivity contribution is 5.54. The molecule has 3 nitrogen and oxygen atoms in total. The Kier molecular flexibility index (Phi) is 3.05. The van der Waals surface area contributed by atoms with Crippen LogP contribution in [0.5, 0.6) is 0 Å². The number of hydrogen-bond acceptors (Lipinski definition) is 3. The molecule has 0 saturated carbocycles. The van der Waals surface area contributed by atoms with E-state index in [4.69, 9.17) is 10.2 Å². The zero-order chi connectivity index (χ0) is 14.3. The van der Waals surface area contributed by atoms with E-state index in [2.05, 4.69) is 4.98 Å². The molecule has 0 aliphatic heterocycles. The Bertz CT molecular complexity index is 616. The van der Waals surface area contributed by atoms with Crippen LogP contribution in [0.25, 0.3) is 11.5 Å². The number of benzene rings is 1. The van der Waals surface area contributed by atoms with Crippen molar-refractivity contribution < 1.29 is 17.6 Å². The summed E-state index contributed by atoms with van der Waals surface area (Å²) in [6, 6.07) is 4.89. The number of rotatable bonds is 1. The molecule has 0 radical (unpaired) electrons. The number of nitrogens with zero attached hydrogens (tertiary/aromatic N) is 1. The van der Waals surface area contributed by atoms with Crippen molar-refractivity contribution in [3.8, 4) is 11.5 Å². The third-order valence-corrected chi connectivity index (χ3v) is 3.44. The van der Waals surface area contributed by atoms with Gasteiger partial charge in [0, 0.05) is 24.4 Å². The first kappa shape index (κ1) is 13.2. The van der Waals surface area contributed by atoms with Crippen LogP contribution in [0.15, 0.2) is 28.7 Å². The molecule has 1 heterocycles. The van der Waals surface area contributed by atoms with Gasteiger partial charge < -0.3 is 10.2 Å². The molecule has 2 N–H and O–H groups in total. The standard InChI is InChI=1S/C14H13F3N2O/c15-14(16,17)9-3-1-8(2-4-9)13-19-11-7-10(18)5-6-12(11)20-13/h1-4,10H,5-7,18H2. The SMILES string of the molecule is NC1CCc2oc(-c3ccc(C(F)(F)F)cc3)nc2C1. The van der Waals surface area contributed by atoms with Crippen LogP contribution in [-0.4, -0.2) is 11.0 Å². The zero-order valence-electron chi connectivity index (χ0n) is 10.6. The molecule has 1 aliphatic carbocycles. The first-order valence-corrected chi connectivity index (χ1v) is 6.35. The van der Waals surface area contributed by atoms with E-state index in [1.165, 1.54) is 12.1 Å². The summed E-state index contributed by atoms with van der Waals surface area (Å²) in [7, 11) is 0. The monoisotopic (exact) mass is 282 g/mol. The zero-order valence-corrected chi connectivity index (χ0v) is 10.6. The van der Waals surface area contributed by atoms with Crippen LogP contribution in [0.2, 0.25) is 0 Å². The molecule has 0 amide bonds. The maximum Gasteiger partial charge on any atom is 0.416 e. The van der Waals surface area contributed by atoms with E-state index < -0.39 is 11.7 Å². The smallest absolute Gasteiger partial charge is 0.416 e.